The largest absolute Gasteiger partial charge is 0.457 e. The third-order valence-corrected chi connectivity index (χ3v) is 10.7. The van der Waals surface area contributed by atoms with Gasteiger partial charge < -0.3 is 44.4 Å². The van der Waals surface area contributed by atoms with E-state index < -0.39 is 47.7 Å². The lowest BCUT2D eigenvalue weighted by atomic mass is 9.88. The Kier molecular flexibility index (Phi) is 13.9. The van der Waals surface area contributed by atoms with Crippen LogP contribution in [0.25, 0.3) is 0 Å². The molecule has 3 heterocycles. The number of hydrogen-bond donors (Lipinski definition) is 4. The Morgan fingerprint density at radius 1 is 1.20 bits per heavy atom. The number of esters is 1. The average Bonchev–Trinajstić information content (AvgIpc) is 3.97. The summed E-state index contributed by atoms with van der Waals surface area (Å²) < 4.78 is 17.6. The van der Waals surface area contributed by atoms with Crippen molar-refractivity contribution < 1.29 is 44.2 Å². The number of nitrogens with zero attached hydrogens (tertiary/aromatic N) is 2. The van der Waals surface area contributed by atoms with Gasteiger partial charge >= 0.3 is 12.1 Å². The normalized spacial score (nSPS) is 35.0. The van der Waals surface area contributed by atoms with Crippen molar-refractivity contribution in [3.05, 3.63) is 36.0 Å². The lowest BCUT2D eigenvalue weighted by Crippen LogP contribution is -2.45. The zero-order valence-corrected chi connectivity index (χ0v) is 30.5. The van der Waals surface area contributed by atoms with Gasteiger partial charge in [-0.15, -0.1) is 0 Å². The Morgan fingerprint density at radius 3 is 2.63 bits per heavy atom. The van der Waals surface area contributed by atoms with E-state index in [4.69, 9.17) is 14.2 Å². The van der Waals surface area contributed by atoms with Crippen LogP contribution in [0.5, 0.6) is 0 Å². The predicted octanol–water partition coefficient (Wildman–Crippen LogP) is 4.13. The molecular formula is C38H62N2O9. The van der Waals surface area contributed by atoms with E-state index in [0.29, 0.717) is 31.5 Å². The third-order valence-electron chi connectivity index (χ3n) is 10.7. The summed E-state index contributed by atoms with van der Waals surface area (Å²) in [7, 11) is 0. The van der Waals surface area contributed by atoms with Crippen molar-refractivity contribution in [3.8, 4) is 0 Å². The van der Waals surface area contributed by atoms with E-state index in [-0.39, 0.29) is 43.3 Å². The molecule has 0 spiro atoms. The molecule has 0 aromatic heterocycles. The van der Waals surface area contributed by atoms with Gasteiger partial charge in [0.05, 0.1) is 36.4 Å². The number of hydrogen-bond acceptors (Lipinski definition) is 10. The van der Waals surface area contributed by atoms with E-state index in [0.717, 1.165) is 32.0 Å². The summed E-state index contributed by atoms with van der Waals surface area (Å²) in [4.78, 5) is 30.4. The molecule has 49 heavy (non-hydrogen) atoms. The molecule has 10 unspecified atom stereocenters. The predicted molar refractivity (Wildman–Crippen MR) is 187 cm³/mol. The zero-order chi connectivity index (χ0) is 35.9. The fourth-order valence-electron chi connectivity index (χ4n) is 6.99. The second-order valence-electron chi connectivity index (χ2n) is 15.6. The Bertz CT molecular complexity index is 1200. The first-order chi connectivity index (χ1) is 23.1. The van der Waals surface area contributed by atoms with Gasteiger partial charge in [0.25, 0.3) is 0 Å². The topological polar surface area (TPSA) is 153 Å². The first kappa shape index (κ1) is 39.5. The van der Waals surface area contributed by atoms with Crippen molar-refractivity contribution in [2.75, 3.05) is 32.7 Å². The van der Waals surface area contributed by atoms with Crippen LogP contribution < -0.4 is 0 Å². The van der Waals surface area contributed by atoms with Gasteiger partial charge in [-0.2, -0.15) is 0 Å². The highest BCUT2D eigenvalue weighted by molar-refractivity contribution is 5.70. The van der Waals surface area contributed by atoms with Gasteiger partial charge in [0.1, 0.15) is 11.7 Å². The van der Waals surface area contributed by atoms with Crippen LogP contribution in [-0.4, -0.2) is 123 Å². The van der Waals surface area contributed by atoms with Crippen molar-refractivity contribution in [2.45, 2.75) is 141 Å². The van der Waals surface area contributed by atoms with Gasteiger partial charge in [-0.05, 0) is 83.4 Å². The van der Waals surface area contributed by atoms with Crippen LogP contribution in [0, 0.1) is 17.8 Å². The summed E-state index contributed by atoms with van der Waals surface area (Å²) in [6, 6.07) is 0. The first-order valence-electron chi connectivity index (χ1n) is 18.5. The van der Waals surface area contributed by atoms with Crippen LogP contribution >= 0.6 is 0 Å². The lowest BCUT2D eigenvalue weighted by Gasteiger charge is -2.34. The number of carbonyl (C=O) groups excluding carboxylic acids is 2. The van der Waals surface area contributed by atoms with E-state index in [1.54, 1.807) is 49.1 Å². The molecule has 0 radical (unpaired) electrons. The molecule has 0 aromatic rings. The Balaban J connectivity index is 1.44. The Hall–Kier alpha value is -2.28. The first-order valence-corrected chi connectivity index (χ1v) is 18.5. The number of aliphatic hydroxyl groups is 4. The summed E-state index contributed by atoms with van der Waals surface area (Å²) in [6.07, 6.45) is 9.29. The zero-order valence-electron chi connectivity index (χ0n) is 30.5. The average molecular weight is 691 g/mol. The minimum absolute atomic E-state index is 0.00976. The van der Waals surface area contributed by atoms with Crippen LogP contribution in [0.1, 0.15) is 92.9 Å². The molecule has 3 fully saturated rings. The molecule has 278 valence electrons. The highest BCUT2D eigenvalue weighted by Crippen LogP contribution is 2.38. The molecule has 3 aliphatic heterocycles. The van der Waals surface area contributed by atoms with Crippen LogP contribution in [0.4, 0.5) is 4.79 Å². The smallest absolute Gasteiger partial charge is 0.410 e. The van der Waals surface area contributed by atoms with Gasteiger partial charge in [-0.3, -0.25) is 4.79 Å². The van der Waals surface area contributed by atoms with E-state index in [9.17, 15) is 30.0 Å². The van der Waals surface area contributed by atoms with Crippen LogP contribution in [0.2, 0.25) is 0 Å². The van der Waals surface area contributed by atoms with Crippen molar-refractivity contribution in [1.82, 2.24) is 9.80 Å². The molecule has 4 rings (SSSR count). The maximum absolute atomic E-state index is 13.4. The molecule has 0 aromatic carbocycles. The van der Waals surface area contributed by atoms with Crippen LogP contribution in [0.15, 0.2) is 36.0 Å². The van der Waals surface area contributed by atoms with Crippen molar-refractivity contribution in [2.24, 2.45) is 17.8 Å². The number of amides is 1. The molecule has 4 aliphatic rings. The van der Waals surface area contributed by atoms with E-state index in [2.05, 4.69) is 4.90 Å². The molecule has 1 saturated carbocycles. The number of carbonyl (C=O) groups is 2. The van der Waals surface area contributed by atoms with Gasteiger partial charge in [-0.1, -0.05) is 45.1 Å². The quantitative estimate of drug-likeness (QED) is 0.108. The molecular weight excluding hydrogens is 628 g/mol. The highest BCUT2D eigenvalue weighted by atomic mass is 16.6. The molecule has 4 N–H and O–H groups in total. The molecule has 11 nitrogen and oxygen atoms in total. The summed E-state index contributed by atoms with van der Waals surface area (Å²) in [5.41, 5.74) is -1.92. The summed E-state index contributed by atoms with van der Waals surface area (Å²) in [6.45, 7) is 14.9. The molecule has 2 saturated heterocycles. The summed E-state index contributed by atoms with van der Waals surface area (Å²) >= 11 is 0. The lowest BCUT2D eigenvalue weighted by molar-refractivity contribution is -0.151. The van der Waals surface area contributed by atoms with Crippen molar-refractivity contribution >= 4 is 12.1 Å². The molecule has 1 aliphatic carbocycles. The molecule has 1 amide bonds. The van der Waals surface area contributed by atoms with E-state index in [1.807, 2.05) is 27.7 Å². The monoisotopic (exact) mass is 690 g/mol. The van der Waals surface area contributed by atoms with Gasteiger partial charge in [-0.25, -0.2) is 4.79 Å². The fraction of sp³-hybridized carbons (Fsp3) is 0.789. The minimum Gasteiger partial charge on any atom is -0.457 e. The number of rotatable bonds is 11. The second-order valence-corrected chi connectivity index (χ2v) is 15.6. The Morgan fingerprint density at radius 2 is 1.94 bits per heavy atom. The minimum atomic E-state index is -1.48. The molecule has 10 atom stereocenters. The van der Waals surface area contributed by atoms with E-state index >= 15 is 0 Å². The van der Waals surface area contributed by atoms with E-state index in [1.165, 1.54) is 12.8 Å². The van der Waals surface area contributed by atoms with Crippen molar-refractivity contribution in [3.63, 3.8) is 0 Å². The highest BCUT2D eigenvalue weighted by Gasteiger charge is 2.47. The standard InChI is InChI=1S/C38H62N2O9/c1-7-30(42)27(4)35-31(47-35)23-37(5,45)16-8-10-25(2)34-26(3)11-14-32(38(6,46)17-15-29(41)22-33(43)49-34)48-36(44)40-19-9-18-39(20-21-40)24-28-12-13-28/h8,10-11,14,16,26-32,34-35,41-42,45-46H,7,9,12-13,15,17-24H2,1-6H3. The van der Waals surface area contributed by atoms with Crippen LogP contribution in [-0.2, 0) is 19.0 Å². The maximum Gasteiger partial charge on any atom is 0.410 e. The van der Waals surface area contributed by atoms with Crippen molar-refractivity contribution in [1.29, 1.82) is 0 Å². The maximum atomic E-state index is 13.4. The summed E-state index contributed by atoms with van der Waals surface area (Å²) in [5.74, 6) is -0.152. The summed E-state index contributed by atoms with van der Waals surface area (Å²) in [5, 5.41) is 43.4. The SMILES string of the molecule is CCC(O)C(C)C1OC1CC(C)(O)C=CC=C(C)C1OC(=O)CC(O)CCC(C)(O)C(OC(=O)N2CCCN(CC3CC3)CC2)C=CC1C. The number of aliphatic hydroxyl groups excluding tert-OH is 2. The van der Waals surface area contributed by atoms with Gasteiger partial charge in [0.2, 0.25) is 0 Å². The third kappa shape index (κ3) is 12.2. The Labute approximate surface area is 293 Å². The number of allylic oxidation sites excluding steroid dienone is 2. The molecule has 11 heteroatoms. The second kappa shape index (κ2) is 17.3. The fourth-order valence-corrected chi connectivity index (χ4v) is 6.99. The van der Waals surface area contributed by atoms with Gasteiger partial charge in [0.15, 0.2) is 6.10 Å². The van der Waals surface area contributed by atoms with Crippen LogP contribution in [0.3, 0.4) is 0 Å². The van der Waals surface area contributed by atoms with Gasteiger partial charge in [0, 0.05) is 44.4 Å². The molecule has 0 bridgehead atoms. The number of cyclic esters (lactones) is 1. The number of epoxide rings is 1. The number of ether oxygens (including phenoxy) is 3.